The number of carbonyl (C=O) groups excluding carboxylic acids is 1. The molecule has 0 spiro atoms. The minimum absolute atomic E-state index is 0.214. The molecule has 110 valence electrons. The van der Waals surface area contributed by atoms with E-state index < -0.39 is 0 Å². The van der Waals surface area contributed by atoms with Gasteiger partial charge in [0, 0.05) is 30.7 Å². The van der Waals surface area contributed by atoms with Crippen molar-refractivity contribution in [3.05, 3.63) is 66.7 Å². The number of anilines is 2. The maximum atomic E-state index is 12.6. The van der Waals surface area contributed by atoms with Crippen LogP contribution in [0, 0.1) is 0 Å². The van der Waals surface area contributed by atoms with E-state index in [0.29, 0.717) is 23.7 Å². The first-order valence-corrected chi connectivity index (χ1v) is 6.81. The van der Waals surface area contributed by atoms with E-state index in [4.69, 9.17) is 10.5 Å². The molecule has 0 aliphatic carbocycles. The third-order valence-corrected chi connectivity index (χ3v) is 3.27. The zero-order valence-electron chi connectivity index (χ0n) is 11.9. The average molecular weight is 293 g/mol. The quantitative estimate of drug-likeness (QED) is 0.536. The van der Waals surface area contributed by atoms with Crippen molar-refractivity contribution < 1.29 is 9.53 Å². The molecule has 1 aliphatic heterocycles. The summed E-state index contributed by atoms with van der Waals surface area (Å²) >= 11 is 0. The number of carbonyl (C=O) groups is 1. The third kappa shape index (κ3) is 2.56. The lowest BCUT2D eigenvalue weighted by atomic mass is 10.1. The van der Waals surface area contributed by atoms with E-state index in [2.05, 4.69) is 11.6 Å². The fourth-order valence-corrected chi connectivity index (χ4v) is 2.25. The first-order valence-electron chi connectivity index (χ1n) is 6.81. The predicted molar refractivity (Wildman–Crippen MR) is 86.2 cm³/mol. The number of nitrogen functional groups attached to an aromatic ring is 1. The van der Waals surface area contributed by atoms with E-state index in [1.807, 2.05) is 0 Å². The average Bonchev–Trinajstić information content (AvgIpc) is 2.52. The molecule has 0 radical (unpaired) electrons. The molecule has 0 saturated carbocycles. The normalized spacial score (nSPS) is 15.4. The van der Waals surface area contributed by atoms with Crippen molar-refractivity contribution in [3.8, 4) is 5.75 Å². The molecular formula is C17H15N3O2. The molecule has 1 aliphatic rings. The highest BCUT2D eigenvalue weighted by Gasteiger charge is 2.29. The van der Waals surface area contributed by atoms with Crippen molar-refractivity contribution in [2.24, 2.45) is 0 Å². The number of amides is 1. The molecule has 0 unspecified atom stereocenters. The molecule has 3 rings (SSSR count). The minimum atomic E-state index is -0.214. The Kier molecular flexibility index (Phi) is 3.62. The van der Waals surface area contributed by atoms with E-state index in [1.165, 1.54) is 0 Å². The highest BCUT2D eigenvalue weighted by atomic mass is 16.5. The van der Waals surface area contributed by atoms with Gasteiger partial charge in [-0.15, -0.1) is 6.58 Å². The Morgan fingerprint density at radius 1 is 1.27 bits per heavy atom. The number of rotatable bonds is 3. The number of nitrogens with two attached hydrogens (primary N) is 1. The third-order valence-electron chi connectivity index (χ3n) is 3.27. The van der Waals surface area contributed by atoms with Gasteiger partial charge in [-0.05, 0) is 35.9 Å². The van der Waals surface area contributed by atoms with Crippen LogP contribution in [0.15, 0.2) is 61.1 Å². The van der Waals surface area contributed by atoms with Gasteiger partial charge in [-0.2, -0.15) is 0 Å². The molecule has 1 aromatic carbocycles. The highest BCUT2D eigenvalue weighted by molar-refractivity contribution is 6.10. The first kappa shape index (κ1) is 13.9. The maximum Gasteiger partial charge on any atom is 0.294 e. The van der Waals surface area contributed by atoms with Gasteiger partial charge in [0.15, 0.2) is 11.5 Å². The standard InChI is InChI=1S/C17H15N3O2/c1-2-9-20-14-4-3-13(18)11-15(14)22-16(17(20)21)10-12-5-7-19-8-6-12/h2-8,10-11H,1,9,18H2/b16-10+. The molecule has 0 atom stereocenters. The Hall–Kier alpha value is -3.08. The summed E-state index contributed by atoms with van der Waals surface area (Å²) in [6, 6.07) is 8.82. The smallest absolute Gasteiger partial charge is 0.294 e. The molecule has 0 fully saturated rings. The summed E-state index contributed by atoms with van der Waals surface area (Å²) < 4.78 is 5.74. The van der Waals surface area contributed by atoms with E-state index in [0.717, 1.165) is 5.56 Å². The van der Waals surface area contributed by atoms with Crippen LogP contribution in [-0.4, -0.2) is 17.4 Å². The molecule has 0 bridgehead atoms. The van der Waals surface area contributed by atoms with Crippen LogP contribution in [0.2, 0.25) is 0 Å². The number of hydrogen-bond acceptors (Lipinski definition) is 4. The molecule has 22 heavy (non-hydrogen) atoms. The Bertz CT molecular complexity index is 754. The van der Waals surface area contributed by atoms with Crippen molar-refractivity contribution in [1.82, 2.24) is 4.98 Å². The molecule has 5 heteroatoms. The molecule has 2 aromatic rings. The van der Waals surface area contributed by atoms with Gasteiger partial charge in [0.1, 0.15) is 0 Å². The van der Waals surface area contributed by atoms with Gasteiger partial charge in [-0.1, -0.05) is 6.08 Å². The fourth-order valence-electron chi connectivity index (χ4n) is 2.25. The molecular weight excluding hydrogens is 278 g/mol. The van der Waals surface area contributed by atoms with Crippen LogP contribution in [0.1, 0.15) is 5.56 Å². The SMILES string of the molecule is C=CCN1C(=O)/C(=C\c2ccncc2)Oc2cc(N)ccc21. The number of ether oxygens (including phenoxy) is 1. The van der Waals surface area contributed by atoms with Crippen LogP contribution in [0.4, 0.5) is 11.4 Å². The summed E-state index contributed by atoms with van der Waals surface area (Å²) in [6.45, 7) is 4.10. The van der Waals surface area contributed by atoms with E-state index in [1.54, 1.807) is 59.8 Å². The Balaban J connectivity index is 2.06. The van der Waals surface area contributed by atoms with Crippen molar-refractivity contribution in [2.45, 2.75) is 0 Å². The molecule has 5 nitrogen and oxygen atoms in total. The topological polar surface area (TPSA) is 68.5 Å². The molecule has 2 N–H and O–H groups in total. The second-order valence-electron chi connectivity index (χ2n) is 4.82. The Morgan fingerprint density at radius 3 is 2.77 bits per heavy atom. The largest absolute Gasteiger partial charge is 0.449 e. The van der Waals surface area contributed by atoms with Crippen LogP contribution in [0.25, 0.3) is 6.08 Å². The summed E-state index contributed by atoms with van der Waals surface area (Å²) in [6.07, 6.45) is 6.68. The van der Waals surface area contributed by atoms with Crippen LogP contribution in [0.5, 0.6) is 5.75 Å². The fraction of sp³-hybridized carbons (Fsp3) is 0.0588. The van der Waals surface area contributed by atoms with E-state index in [9.17, 15) is 4.79 Å². The zero-order chi connectivity index (χ0) is 15.5. The Labute approximate surface area is 128 Å². The van der Waals surface area contributed by atoms with Gasteiger partial charge >= 0.3 is 0 Å². The predicted octanol–water partition coefficient (Wildman–Crippen LogP) is 2.62. The van der Waals surface area contributed by atoms with Crippen molar-refractivity contribution in [1.29, 1.82) is 0 Å². The number of benzene rings is 1. The molecule has 2 heterocycles. The Morgan fingerprint density at radius 2 is 2.05 bits per heavy atom. The van der Waals surface area contributed by atoms with Crippen LogP contribution >= 0.6 is 0 Å². The summed E-state index contributed by atoms with van der Waals surface area (Å²) in [7, 11) is 0. The summed E-state index contributed by atoms with van der Waals surface area (Å²) in [5.74, 6) is 0.585. The van der Waals surface area contributed by atoms with Gasteiger partial charge in [0.25, 0.3) is 5.91 Å². The van der Waals surface area contributed by atoms with Crippen molar-refractivity contribution >= 4 is 23.4 Å². The number of hydrogen-bond donors (Lipinski definition) is 1. The zero-order valence-corrected chi connectivity index (χ0v) is 11.9. The second kappa shape index (κ2) is 5.73. The molecule has 1 amide bonds. The summed E-state index contributed by atoms with van der Waals surface area (Å²) in [5, 5.41) is 0. The van der Waals surface area contributed by atoms with Crippen LogP contribution < -0.4 is 15.4 Å². The number of nitrogens with zero attached hydrogens (tertiary/aromatic N) is 2. The summed E-state index contributed by atoms with van der Waals surface area (Å²) in [5.41, 5.74) is 7.90. The first-order chi connectivity index (χ1) is 10.7. The highest BCUT2D eigenvalue weighted by Crippen LogP contribution is 2.37. The lowest BCUT2D eigenvalue weighted by molar-refractivity contribution is -0.117. The van der Waals surface area contributed by atoms with Gasteiger partial charge in [-0.3, -0.25) is 14.7 Å². The maximum absolute atomic E-state index is 12.6. The number of pyridine rings is 1. The van der Waals surface area contributed by atoms with Gasteiger partial charge in [-0.25, -0.2) is 0 Å². The van der Waals surface area contributed by atoms with Crippen LogP contribution in [-0.2, 0) is 4.79 Å². The van der Waals surface area contributed by atoms with Crippen molar-refractivity contribution in [2.75, 3.05) is 17.2 Å². The van der Waals surface area contributed by atoms with Crippen molar-refractivity contribution in [3.63, 3.8) is 0 Å². The van der Waals surface area contributed by atoms with Gasteiger partial charge in [0.2, 0.25) is 0 Å². The van der Waals surface area contributed by atoms with Crippen LogP contribution in [0.3, 0.4) is 0 Å². The number of fused-ring (bicyclic) bond motifs is 1. The monoisotopic (exact) mass is 293 g/mol. The number of aromatic nitrogens is 1. The lowest BCUT2D eigenvalue weighted by Gasteiger charge is -2.29. The second-order valence-corrected chi connectivity index (χ2v) is 4.82. The van der Waals surface area contributed by atoms with Gasteiger partial charge < -0.3 is 10.5 Å². The molecule has 0 saturated heterocycles. The molecule has 1 aromatic heterocycles. The summed E-state index contributed by atoms with van der Waals surface area (Å²) in [4.78, 5) is 18.2. The lowest BCUT2D eigenvalue weighted by Crippen LogP contribution is -2.37. The van der Waals surface area contributed by atoms with E-state index >= 15 is 0 Å². The van der Waals surface area contributed by atoms with E-state index in [-0.39, 0.29) is 11.7 Å². The minimum Gasteiger partial charge on any atom is -0.449 e. The van der Waals surface area contributed by atoms with Gasteiger partial charge in [0.05, 0.1) is 5.69 Å².